The quantitative estimate of drug-likeness (QED) is 0.769. The molecule has 1 saturated heterocycles. The van der Waals surface area contributed by atoms with Gasteiger partial charge in [-0.2, -0.15) is 0 Å². The molecule has 0 N–H and O–H groups in total. The van der Waals surface area contributed by atoms with Gasteiger partial charge >= 0.3 is 5.97 Å². The van der Waals surface area contributed by atoms with Gasteiger partial charge in [0.1, 0.15) is 5.60 Å². The summed E-state index contributed by atoms with van der Waals surface area (Å²) in [5.41, 5.74) is 2.14. The van der Waals surface area contributed by atoms with E-state index in [0.29, 0.717) is 49.4 Å². The van der Waals surface area contributed by atoms with Gasteiger partial charge in [-0.25, -0.2) is 4.79 Å². The van der Waals surface area contributed by atoms with Gasteiger partial charge < -0.3 is 9.64 Å². The number of carbonyl (C=O) groups is 2. The first-order valence-electron chi connectivity index (χ1n) is 8.92. The number of likely N-dealkylation sites (tertiary alicyclic amines) is 1. The number of hydrogen-bond donors (Lipinski definition) is 0. The van der Waals surface area contributed by atoms with Gasteiger partial charge in [0, 0.05) is 42.9 Å². The lowest BCUT2D eigenvalue weighted by atomic mass is 9.83. The molecule has 2 aromatic rings. The summed E-state index contributed by atoms with van der Waals surface area (Å²) in [4.78, 5) is 26.6. The Bertz CT molecular complexity index is 856. The number of halogens is 1. The van der Waals surface area contributed by atoms with Crippen molar-refractivity contribution in [2.45, 2.75) is 31.3 Å². The molecule has 0 radical (unpaired) electrons. The average Bonchev–Trinajstić information content (AvgIpc) is 2.93. The Balaban J connectivity index is 1.38. The molecule has 26 heavy (non-hydrogen) atoms. The molecule has 1 amide bonds. The van der Waals surface area contributed by atoms with Gasteiger partial charge in [-0.1, -0.05) is 41.9 Å². The fourth-order valence-electron chi connectivity index (χ4n) is 3.94. The van der Waals surface area contributed by atoms with E-state index in [1.54, 1.807) is 0 Å². The minimum atomic E-state index is -0.558. The predicted octanol–water partition coefficient (Wildman–Crippen LogP) is 3.96. The number of aryl methyl sites for hydroxylation is 1. The molecule has 2 heterocycles. The van der Waals surface area contributed by atoms with Gasteiger partial charge in [0.2, 0.25) is 5.91 Å². The topological polar surface area (TPSA) is 46.6 Å². The average molecular weight is 370 g/mol. The Morgan fingerprint density at radius 3 is 2.65 bits per heavy atom. The summed E-state index contributed by atoms with van der Waals surface area (Å²) in [6, 6.07) is 15.2. The lowest BCUT2D eigenvalue weighted by molar-refractivity contribution is -0.135. The van der Waals surface area contributed by atoms with Crippen LogP contribution in [0.25, 0.3) is 0 Å². The molecule has 0 saturated carbocycles. The number of carbonyl (C=O) groups excluding carboxylic acids is 2. The monoisotopic (exact) mass is 369 g/mol. The Hall–Kier alpha value is -2.33. The van der Waals surface area contributed by atoms with Crippen LogP contribution in [0, 0.1) is 0 Å². The molecule has 4 rings (SSSR count). The van der Waals surface area contributed by atoms with Crippen LogP contribution in [-0.2, 0) is 21.6 Å². The van der Waals surface area contributed by atoms with Gasteiger partial charge in [-0.3, -0.25) is 4.79 Å². The molecule has 5 heteroatoms. The molecule has 0 aliphatic carbocycles. The number of benzene rings is 2. The Morgan fingerprint density at radius 1 is 1.12 bits per heavy atom. The molecule has 2 aliphatic rings. The number of hydrogen-bond acceptors (Lipinski definition) is 3. The standard InChI is InChI=1S/C21H20ClNO3/c22-16-5-3-4-15(14-16)8-9-19(24)23-12-10-21(11-13-23)18-7-2-1-6-17(18)20(25)26-21/h1-7,14H,8-13H2. The van der Waals surface area contributed by atoms with E-state index in [9.17, 15) is 9.59 Å². The Labute approximate surface area is 157 Å². The number of amides is 1. The first kappa shape index (κ1) is 17.1. The molecule has 2 aliphatic heterocycles. The third-order valence-electron chi connectivity index (χ3n) is 5.37. The van der Waals surface area contributed by atoms with Crippen molar-refractivity contribution < 1.29 is 14.3 Å². The van der Waals surface area contributed by atoms with Crippen molar-refractivity contribution in [2.75, 3.05) is 13.1 Å². The third-order valence-corrected chi connectivity index (χ3v) is 5.60. The van der Waals surface area contributed by atoms with Crippen LogP contribution in [0.3, 0.4) is 0 Å². The summed E-state index contributed by atoms with van der Waals surface area (Å²) in [5, 5.41) is 0.691. The van der Waals surface area contributed by atoms with Crippen LogP contribution in [0.5, 0.6) is 0 Å². The summed E-state index contributed by atoms with van der Waals surface area (Å²) in [7, 11) is 0. The normalized spacial score (nSPS) is 17.9. The highest BCUT2D eigenvalue weighted by atomic mass is 35.5. The van der Waals surface area contributed by atoms with Crippen molar-refractivity contribution >= 4 is 23.5 Å². The first-order valence-corrected chi connectivity index (χ1v) is 9.30. The molecule has 134 valence electrons. The summed E-state index contributed by atoms with van der Waals surface area (Å²) in [6.07, 6.45) is 2.44. The summed E-state index contributed by atoms with van der Waals surface area (Å²) in [5.74, 6) is -0.112. The molecular weight excluding hydrogens is 350 g/mol. The van der Waals surface area contributed by atoms with Crippen LogP contribution < -0.4 is 0 Å². The second-order valence-corrected chi connectivity index (χ2v) is 7.38. The lowest BCUT2D eigenvalue weighted by Gasteiger charge is -2.38. The predicted molar refractivity (Wildman–Crippen MR) is 99.1 cm³/mol. The molecular formula is C21H20ClNO3. The third kappa shape index (κ3) is 3.10. The molecule has 4 nitrogen and oxygen atoms in total. The zero-order chi connectivity index (χ0) is 18.1. The SMILES string of the molecule is O=C1OC2(CCN(C(=O)CCc3cccc(Cl)c3)CC2)c2ccccc21. The number of fused-ring (bicyclic) bond motifs is 2. The van der Waals surface area contributed by atoms with Crippen molar-refractivity contribution in [3.8, 4) is 0 Å². The first-order chi connectivity index (χ1) is 12.6. The van der Waals surface area contributed by atoms with E-state index in [2.05, 4.69) is 0 Å². The molecule has 0 aromatic heterocycles. The van der Waals surface area contributed by atoms with E-state index < -0.39 is 5.60 Å². The van der Waals surface area contributed by atoms with Crippen LogP contribution in [0.2, 0.25) is 5.02 Å². The number of ether oxygens (including phenoxy) is 1. The van der Waals surface area contributed by atoms with Crippen LogP contribution in [-0.4, -0.2) is 29.9 Å². The fraction of sp³-hybridized carbons (Fsp3) is 0.333. The van der Waals surface area contributed by atoms with E-state index in [-0.39, 0.29) is 11.9 Å². The second-order valence-electron chi connectivity index (χ2n) is 6.94. The van der Waals surface area contributed by atoms with Crippen molar-refractivity contribution in [2.24, 2.45) is 0 Å². The molecule has 0 unspecified atom stereocenters. The van der Waals surface area contributed by atoms with E-state index in [1.807, 2.05) is 53.4 Å². The van der Waals surface area contributed by atoms with Crippen LogP contribution in [0.15, 0.2) is 48.5 Å². The lowest BCUT2D eigenvalue weighted by Crippen LogP contribution is -2.45. The summed E-state index contributed by atoms with van der Waals surface area (Å²) in [6.45, 7) is 1.21. The van der Waals surface area contributed by atoms with Crippen molar-refractivity contribution in [1.29, 1.82) is 0 Å². The van der Waals surface area contributed by atoms with Gasteiger partial charge in [-0.05, 0) is 30.2 Å². The Kier molecular flexibility index (Phi) is 4.45. The maximum absolute atomic E-state index is 12.6. The summed E-state index contributed by atoms with van der Waals surface area (Å²) < 4.78 is 5.74. The maximum Gasteiger partial charge on any atom is 0.339 e. The number of piperidine rings is 1. The van der Waals surface area contributed by atoms with Crippen LogP contribution in [0.1, 0.15) is 40.7 Å². The van der Waals surface area contributed by atoms with Gasteiger partial charge in [0.25, 0.3) is 0 Å². The molecule has 1 spiro atoms. The zero-order valence-corrected chi connectivity index (χ0v) is 15.2. The van der Waals surface area contributed by atoms with Gasteiger partial charge in [0.15, 0.2) is 0 Å². The number of rotatable bonds is 3. The molecule has 1 fully saturated rings. The second kappa shape index (κ2) is 6.76. The molecule has 0 atom stereocenters. The highest BCUT2D eigenvalue weighted by molar-refractivity contribution is 6.30. The van der Waals surface area contributed by atoms with Crippen molar-refractivity contribution in [3.05, 3.63) is 70.2 Å². The summed E-state index contributed by atoms with van der Waals surface area (Å²) >= 11 is 5.99. The van der Waals surface area contributed by atoms with E-state index in [4.69, 9.17) is 16.3 Å². The fourth-order valence-corrected chi connectivity index (χ4v) is 4.15. The zero-order valence-electron chi connectivity index (χ0n) is 14.4. The molecule has 0 bridgehead atoms. The van der Waals surface area contributed by atoms with Crippen molar-refractivity contribution in [1.82, 2.24) is 4.90 Å². The number of esters is 1. The minimum absolute atomic E-state index is 0.137. The van der Waals surface area contributed by atoms with Crippen LogP contribution >= 0.6 is 11.6 Å². The largest absolute Gasteiger partial charge is 0.450 e. The highest BCUT2D eigenvalue weighted by Crippen LogP contribution is 2.43. The van der Waals surface area contributed by atoms with E-state index >= 15 is 0 Å². The van der Waals surface area contributed by atoms with Crippen LogP contribution in [0.4, 0.5) is 0 Å². The highest BCUT2D eigenvalue weighted by Gasteiger charge is 2.47. The van der Waals surface area contributed by atoms with Crippen molar-refractivity contribution in [3.63, 3.8) is 0 Å². The van der Waals surface area contributed by atoms with Gasteiger partial charge in [0.05, 0.1) is 5.56 Å². The maximum atomic E-state index is 12.6. The van der Waals surface area contributed by atoms with E-state index in [0.717, 1.165) is 11.1 Å². The smallest absolute Gasteiger partial charge is 0.339 e. The number of nitrogens with zero attached hydrogens (tertiary/aromatic N) is 1. The molecule has 2 aromatic carbocycles. The minimum Gasteiger partial charge on any atom is -0.450 e. The van der Waals surface area contributed by atoms with E-state index in [1.165, 1.54) is 0 Å². The van der Waals surface area contributed by atoms with Gasteiger partial charge in [-0.15, -0.1) is 0 Å². The Morgan fingerprint density at radius 2 is 1.88 bits per heavy atom.